The largest absolute Gasteiger partial charge is 0.480 e. The van der Waals surface area contributed by atoms with Gasteiger partial charge in [0.15, 0.2) is 0 Å². The third-order valence-corrected chi connectivity index (χ3v) is 10.4. The van der Waals surface area contributed by atoms with Crippen LogP contribution >= 0.6 is 0 Å². The first-order chi connectivity index (χ1) is 20.9. The first kappa shape index (κ1) is 30.0. The number of carboxylic acid groups (broad SMARTS) is 1. The number of nitrogens with zero attached hydrogens (tertiary/aromatic N) is 3. The molecular formula is C36H47FN4O2. The van der Waals surface area contributed by atoms with Crippen LogP contribution in [0.3, 0.4) is 0 Å². The highest BCUT2D eigenvalue weighted by Crippen LogP contribution is 2.42. The Labute approximate surface area is 255 Å². The number of aryl methyl sites for hydroxylation is 1. The van der Waals surface area contributed by atoms with Crippen LogP contribution < -0.4 is 5.32 Å². The summed E-state index contributed by atoms with van der Waals surface area (Å²) in [6.45, 7) is 6.22. The van der Waals surface area contributed by atoms with E-state index in [0.29, 0.717) is 23.7 Å². The Bertz CT molecular complexity index is 1330. The second-order valence-electron chi connectivity index (χ2n) is 13.3. The van der Waals surface area contributed by atoms with E-state index in [1.54, 1.807) is 0 Å². The predicted octanol–water partition coefficient (Wildman–Crippen LogP) is 6.61. The van der Waals surface area contributed by atoms with E-state index in [-0.39, 0.29) is 11.9 Å². The normalized spacial score (nSPS) is 24.2. The number of benzene rings is 2. The van der Waals surface area contributed by atoms with Crippen molar-refractivity contribution in [3.63, 3.8) is 0 Å². The third kappa shape index (κ3) is 7.38. The maximum Gasteiger partial charge on any atom is 0.320 e. The molecule has 0 bridgehead atoms. The number of carboxylic acids is 1. The van der Waals surface area contributed by atoms with Gasteiger partial charge in [0.25, 0.3) is 0 Å². The lowest BCUT2D eigenvalue weighted by Gasteiger charge is -2.35. The summed E-state index contributed by atoms with van der Waals surface area (Å²) in [7, 11) is 0. The smallest absolute Gasteiger partial charge is 0.320 e. The van der Waals surface area contributed by atoms with Crippen molar-refractivity contribution in [2.45, 2.75) is 95.2 Å². The van der Waals surface area contributed by atoms with Crippen molar-refractivity contribution in [1.29, 1.82) is 0 Å². The lowest BCUT2D eigenvalue weighted by molar-refractivity contribution is -0.140. The quantitative estimate of drug-likeness (QED) is 0.250. The van der Waals surface area contributed by atoms with E-state index in [1.165, 1.54) is 42.7 Å². The van der Waals surface area contributed by atoms with Crippen LogP contribution in [0, 0.1) is 17.7 Å². The molecule has 0 amide bonds. The Hall–Kier alpha value is -3.03. The molecule has 3 aromatic rings. The van der Waals surface area contributed by atoms with Crippen LogP contribution in [0.2, 0.25) is 0 Å². The number of nitrogens with one attached hydrogen (secondary N) is 1. The number of aromatic nitrogens is 2. The van der Waals surface area contributed by atoms with Gasteiger partial charge < -0.3 is 15.3 Å². The second-order valence-corrected chi connectivity index (χ2v) is 13.3. The van der Waals surface area contributed by atoms with Gasteiger partial charge in [0.1, 0.15) is 11.9 Å². The number of hydrogen-bond donors (Lipinski definition) is 2. The van der Waals surface area contributed by atoms with Gasteiger partial charge in [0, 0.05) is 37.2 Å². The minimum Gasteiger partial charge on any atom is -0.480 e. The molecule has 4 atom stereocenters. The molecule has 1 aliphatic heterocycles. The van der Waals surface area contributed by atoms with Gasteiger partial charge in [-0.25, -0.2) is 4.39 Å². The van der Waals surface area contributed by atoms with Crippen LogP contribution in [0.15, 0.2) is 60.7 Å². The first-order valence-electron chi connectivity index (χ1n) is 16.5. The molecule has 2 aromatic carbocycles. The van der Waals surface area contributed by atoms with E-state index in [2.05, 4.69) is 58.2 Å². The first-order valence-corrected chi connectivity index (χ1v) is 16.5. The third-order valence-electron chi connectivity index (χ3n) is 10.4. The van der Waals surface area contributed by atoms with Crippen LogP contribution in [0.25, 0.3) is 0 Å². The summed E-state index contributed by atoms with van der Waals surface area (Å²) in [4.78, 5) is 14.8. The molecule has 0 radical (unpaired) electrons. The van der Waals surface area contributed by atoms with E-state index in [1.807, 2.05) is 12.1 Å². The van der Waals surface area contributed by atoms with Crippen LogP contribution in [0.5, 0.6) is 0 Å². The van der Waals surface area contributed by atoms with Crippen LogP contribution in [-0.2, 0) is 17.8 Å². The molecule has 2 N–H and O–H groups in total. The highest BCUT2D eigenvalue weighted by Gasteiger charge is 2.39. The fourth-order valence-electron chi connectivity index (χ4n) is 7.87. The zero-order chi connectivity index (χ0) is 29.8. The van der Waals surface area contributed by atoms with Crippen molar-refractivity contribution < 1.29 is 14.3 Å². The van der Waals surface area contributed by atoms with Gasteiger partial charge in [0.2, 0.25) is 0 Å². The van der Waals surface area contributed by atoms with Gasteiger partial charge in [-0.3, -0.25) is 9.48 Å². The minimum absolute atomic E-state index is 0.205. The standard InChI is InChI=1S/C36H47FN4O2/c1-2-41-35(23-32(39-41)19-26-11-13-30(37)14-12-26)28-15-17-40(18-16-28)24-29-21-31(22-33(29)27-9-4-3-5-10-27)38-34(36(42)43)20-25-7-6-8-25/h3-5,9-14,23,25,28-29,31,33-34,38H,2,6-8,15-22,24H2,1H3,(H,42,43). The van der Waals surface area contributed by atoms with Gasteiger partial charge in [0.05, 0.1) is 5.69 Å². The fraction of sp³-hybridized carbons (Fsp3) is 0.556. The Morgan fingerprint density at radius 2 is 1.79 bits per heavy atom. The summed E-state index contributed by atoms with van der Waals surface area (Å²) in [5.74, 6) is 1.13. The molecule has 3 aliphatic rings. The maximum atomic E-state index is 13.4. The minimum atomic E-state index is -0.694. The number of halogens is 1. The maximum absolute atomic E-state index is 13.4. The highest BCUT2D eigenvalue weighted by molar-refractivity contribution is 5.73. The number of likely N-dealkylation sites (tertiary alicyclic amines) is 1. The SMILES string of the molecule is CCn1nc(Cc2ccc(F)cc2)cc1C1CCN(CC2CC(NC(CC3CCC3)C(=O)O)CC2c2ccccc2)CC1. The van der Waals surface area contributed by atoms with Crippen molar-refractivity contribution in [3.05, 3.63) is 89.0 Å². The van der Waals surface area contributed by atoms with Crippen molar-refractivity contribution in [3.8, 4) is 0 Å². The summed E-state index contributed by atoms with van der Waals surface area (Å²) in [5.41, 5.74) is 4.85. The summed E-state index contributed by atoms with van der Waals surface area (Å²) in [5, 5.41) is 18.5. The van der Waals surface area contributed by atoms with E-state index >= 15 is 0 Å². The molecule has 1 aromatic heterocycles. The summed E-state index contributed by atoms with van der Waals surface area (Å²) >= 11 is 0. The lowest BCUT2D eigenvalue weighted by atomic mass is 9.80. The van der Waals surface area contributed by atoms with E-state index in [9.17, 15) is 14.3 Å². The van der Waals surface area contributed by atoms with Crippen molar-refractivity contribution in [2.75, 3.05) is 19.6 Å². The predicted molar refractivity (Wildman–Crippen MR) is 168 cm³/mol. The number of aliphatic carboxylic acids is 1. The van der Waals surface area contributed by atoms with E-state index in [4.69, 9.17) is 5.10 Å². The number of carbonyl (C=O) groups is 1. The lowest BCUT2D eigenvalue weighted by Crippen LogP contribution is -2.44. The zero-order valence-corrected chi connectivity index (χ0v) is 25.5. The second kappa shape index (κ2) is 13.7. The van der Waals surface area contributed by atoms with E-state index in [0.717, 1.165) is 76.0 Å². The average molecular weight is 587 g/mol. The topological polar surface area (TPSA) is 70.4 Å². The van der Waals surface area contributed by atoms with Crippen LogP contribution in [0.1, 0.15) is 92.6 Å². The summed E-state index contributed by atoms with van der Waals surface area (Å²) in [6.07, 6.45) is 9.36. The number of hydrogen-bond acceptors (Lipinski definition) is 4. The number of rotatable bonds is 12. The number of piperidine rings is 1. The molecule has 6 nitrogen and oxygen atoms in total. The molecular weight excluding hydrogens is 539 g/mol. The molecule has 0 spiro atoms. The Morgan fingerprint density at radius 1 is 1.05 bits per heavy atom. The molecule has 6 rings (SSSR count). The van der Waals surface area contributed by atoms with Crippen molar-refractivity contribution in [1.82, 2.24) is 20.0 Å². The fourth-order valence-corrected chi connectivity index (χ4v) is 7.87. The average Bonchev–Trinajstić information content (AvgIpc) is 3.59. The van der Waals surface area contributed by atoms with Gasteiger partial charge in [-0.2, -0.15) is 5.10 Å². The van der Waals surface area contributed by atoms with Gasteiger partial charge in [-0.1, -0.05) is 61.7 Å². The molecule has 43 heavy (non-hydrogen) atoms. The Morgan fingerprint density at radius 3 is 2.44 bits per heavy atom. The van der Waals surface area contributed by atoms with Crippen molar-refractivity contribution in [2.24, 2.45) is 11.8 Å². The Kier molecular flexibility index (Phi) is 9.58. The molecule has 4 unspecified atom stereocenters. The molecule has 2 saturated carbocycles. The van der Waals surface area contributed by atoms with Gasteiger partial charge in [-0.15, -0.1) is 0 Å². The van der Waals surface area contributed by atoms with Crippen LogP contribution in [-0.4, -0.2) is 57.5 Å². The monoisotopic (exact) mass is 586 g/mol. The van der Waals surface area contributed by atoms with Gasteiger partial charge in [-0.05, 0) is 99.2 Å². The summed E-state index contributed by atoms with van der Waals surface area (Å²) in [6, 6.07) is 19.7. The molecule has 2 heterocycles. The molecule has 230 valence electrons. The zero-order valence-electron chi connectivity index (χ0n) is 25.5. The molecule has 7 heteroatoms. The molecule has 1 saturated heterocycles. The van der Waals surface area contributed by atoms with Crippen molar-refractivity contribution >= 4 is 5.97 Å². The van der Waals surface area contributed by atoms with Gasteiger partial charge >= 0.3 is 5.97 Å². The molecule has 3 fully saturated rings. The van der Waals surface area contributed by atoms with Crippen LogP contribution in [0.4, 0.5) is 4.39 Å². The summed E-state index contributed by atoms with van der Waals surface area (Å²) < 4.78 is 15.5. The molecule has 2 aliphatic carbocycles. The highest BCUT2D eigenvalue weighted by atomic mass is 19.1. The van der Waals surface area contributed by atoms with E-state index < -0.39 is 12.0 Å². The Balaban J connectivity index is 1.08.